The van der Waals surface area contributed by atoms with Crippen LogP contribution in [0.4, 0.5) is 5.69 Å². The van der Waals surface area contributed by atoms with E-state index in [1.165, 1.54) is 12.1 Å². The van der Waals surface area contributed by atoms with Crippen LogP contribution < -0.4 is 0 Å². The highest BCUT2D eigenvalue weighted by atomic mass is 16.6. The predicted molar refractivity (Wildman–Crippen MR) is 111 cm³/mol. The number of benzene rings is 3. The number of hydrogen-bond donors (Lipinski definition) is 0. The van der Waals surface area contributed by atoms with E-state index in [9.17, 15) is 10.1 Å². The minimum Gasteiger partial charge on any atom is -0.275 e. The van der Waals surface area contributed by atoms with Gasteiger partial charge in [-0.2, -0.15) is 0 Å². The summed E-state index contributed by atoms with van der Waals surface area (Å²) >= 11 is 0. The first-order valence-electron chi connectivity index (χ1n) is 9.08. The molecule has 0 saturated carbocycles. The Bertz CT molecular complexity index is 1390. The van der Waals surface area contributed by atoms with Crippen LogP contribution in [0.1, 0.15) is 5.56 Å². The van der Waals surface area contributed by atoms with E-state index >= 15 is 0 Å². The Balaban J connectivity index is 1.84. The van der Waals surface area contributed by atoms with Gasteiger partial charge in [0.2, 0.25) is 0 Å². The fourth-order valence-corrected chi connectivity index (χ4v) is 3.43. The van der Waals surface area contributed by atoms with Crippen LogP contribution in [0, 0.1) is 17.0 Å². The summed E-state index contributed by atoms with van der Waals surface area (Å²) in [6.07, 6.45) is 0. The highest BCUT2D eigenvalue weighted by Crippen LogP contribution is 2.30. The number of nitro benzene ring substituents is 1. The summed E-state index contributed by atoms with van der Waals surface area (Å²) in [5, 5.41) is 11.0. The summed E-state index contributed by atoms with van der Waals surface area (Å²) in [6, 6.07) is 22.0. The van der Waals surface area contributed by atoms with E-state index in [4.69, 9.17) is 9.97 Å². The normalized spacial score (nSPS) is 11.2. The van der Waals surface area contributed by atoms with Gasteiger partial charge in [-0.3, -0.25) is 14.7 Å². The fourth-order valence-electron chi connectivity index (χ4n) is 3.43. The van der Waals surface area contributed by atoms with Crippen LogP contribution in [0.3, 0.4) is 0 Å². The highest BCUT2D eigenvalue weighted by Gasteiger charge is 2.19. The van der Waals surface area contributed by atoms with E-state index in [0.29, 0.717) is 17.1 Å². The number of fused-ring (bicyclic) bond motifs is 2. The number of hydrogen-bond acceptors (Lipinski definition) is 5. The minimum absolute atomic E-state index is 0.0364. The molecule has 2 aromatic heterocycles. The zero-order valence-corrected chi connectivity index (χ0v) is 15.5. The van der Waals surface area contributed by atoms with Gasteiger partial charge < -0.3 is 0 Å². The van der Waals surface area contributed by atoms with Crippen molar-refractivity contribution in [1.29, 1.82) is 0 Å². The maximum atomic E-state index is 11.0. The van der Waals surface area contributed by atoms with Crippen molar-refractivity contribution in [3.63, 3.8) is 0 Å². The third-order valence-electron chi connectivity index (χ3n) is 4.86. The molecule has 5 rings (SSSR count). The molecule has 140 valence electrons. The zero-order valence-electron chi connectivity index (χ0n) is 15.5. The number of aromatic nitrogens is 4. The van der Waals surface area contributed by atoms with E-state index in [1.807, 2.05) is 60.0 Å². The fraction of sp³-hybridized carbons (Fsp3) is 0.0455. The Morgan fingerprint density at radius 1 is 0.828 bits per heavy atom. The zero-order chi connectivity index (χ0) is 20.0. The molecule has 0 saturated heterocycles. The molecule has 0 unspecified atom stereocenters. The molecule has 0 bridgehead atoms. The molecule has 3 aromatic carbocycles. The van der Waals surface area contributed by atoms with Gasteiger partial charge in [0, 0.05) is 17.7 Å². The third kappa shape index (κ3) is 2.80. The van der Waals surface area contributed by atoms with Gasteiger partial charge in [-0.15, -0.1) is 0 Å². The molecule has 7 nitrogen and oxygen atoms in total. The molecule has 2 heterocycles. The highest BCUT2D eigenvalue weighted by molar-refractivity contribution is 5.86. The van der Waals surface area contributed by atoms with Crippen molar-refractivity contribution in [2.75, 3.05) is 0 Å². The van der Waals surface area contributed by atoms with Crippen LogP contribution in [0.25, 0.3) is 39.4 Å². The second kappa shape index (κ2) is 6.49. The molecule has 0 spiro atoms. The number of rotatable bonds is 3. The van der Waals surface area contributed by atoms with Crippen molar-refractivity contribution in [2.45, 2.75) is 6.92 Å². The van der Waals surface area contributed by atoms with Gasteiger partial charge in [0.25, 0.3) is 5.69 Å². The van der Waals surface area contributed by atoms with Crippen LogP contribution in [0.5, 0.6) is 0 Å². The predicted octanol–water partition coefficient (Wildman–Crippen LogP) is 4.85. The second-order valence-electron chi connectivity index (χ2n) is 6.72. The van der Waals surface area contributed by atoms with Crippen LogP contribution in [0.15, 0.2) is 72.8 Å². The maximum absolute atomic E-state index is 11.0. The lowest BCUT2D eigenvalue weighted by Gasteiger charge is -2.11. The molecule has 5 aromatic rings. The van der Waals surface area contributed by atoms with E-state index < -0.39 is 4.92 Å². The Morgan fingerprint density at radius 2 is 1.48 bits per heavy atom. The van der Waals surface area contributed by atoms with Gasteiger partial charge >= 0.3 is 0 Å². The molecule has 0 fully saturated rings. The van der Waals surface area contributed by atoms with Gasteiger partial charge in [-0.05, 0) is 42.8 Å². The summed E-state index contributed by atoms with van der Waals surface area (Å²) in [5.41, 5.74) is 5.51. The van der Waals surface area contributed by atoms with Crippen molar-refractivity contribution in [1.82, 2.24) is 19.5 Å². The number of nitro groups is 1. The molecule has 0 radical (unpaired) electrons. The van der Waals surface area contributed by atoms with Crippen molar-refractivity contribution in [3.05, 3.63) is 88.5 Å². The van der Waals surface area contributed by atoms with Gasteiger partial charge in [0.05, 0.1) is 21.6 Å². The monoisotopic (exact) mass is 381 g/mol. The smallest absolute Gasteiger partial charge is 0.269 e. The molecular formula is C22H15N5O2. The van der Waals surface area contributed by atoms with E-state index in [0.717, 1.165) is 27.8 Å². The first-order chi connectivity index (χ1) is 14.1. The third-order valence-corrected chi connectivity index (χ3v) is 4.86. The summed E-state index contributed by atoms with van der Waals surface area (Å²) in [4.78, 5) is 24.9. The Labute approximate surface area is 165 Å². The lowest BCUT2D eigenvalue weighted by atomic mass is 10.1. The first-order valence-corrected chi connectivity index (χ1v) is 9.08. The summed E-state index contributed by atoms with van der Waals surface area (Å²) < 4.78 is 1.96. The largest absolute Gasteiger partial charge is 0.275 e. The van der Waals surface area contributed by atoms with Crippen LogP contribution in [-0.2, 0) is 0 Å². The standard InChI is InChI=1S/C22H15N5O2/c1-14-6-2-5-9-19(14)26-21(15-10-12-16(13-11-15)27(28)29)25-20-22(26)24-18-8-4-3-7-17(18)23-20/h2-13H,1H3. The number of aryl methyl sites for hydroxylation is 1. The Kier molecular flexibility index (Phi) is 3.80. The minimum atomic E-state index is -0.413. The van der Waals surface area contributed by atoms with Crippen LogP contribution in [0.2, 0.25) is 0 Å². The molecule has 0 aliphatic heterocycles. The van der Waals surface area contributed by atoms with E-state index in [1.54, 1.807) is 12.1 Å². The molecule has 0 atom stereocenters. The molecule has 29 heavy (non-hydrogen) atoms. The second-order valence-corrected chi connectivity index (χ2v) is 6.72. The average molecular weight is 381 g/mol. The maximum Gasteiger partial charge on any atom is 0.269 e. The Hall–Kier alpha value is -4.13. The number of para-hydroxylation sites is 3. The topological polar surface area (TPSA) is 86.7 Å². The number of imidazole rings is 1. The van der Waals surface area contributed by atoms with Crippen molar-refractivity contribution in [2.24, 2.45) is 0 Å². The van der Waals surface area contributed by atoms with Gasteiger partial charge in [-0.1, -0.05) is 30.3 Å². The van der Waals surface area contributed by atoms with Gasteiger partial charge in [0.15, 0.2) is 11.3 Å². The number of non-ortho nitro benzene ring substituents is 1. The first kappa shape index (κ1) is 17.0. The van der Waals surface area contributed by atoms with E-state index in [2.05, 4.69) is 4.98 Å². The Morgan fingerprint density at radius 3 is 2.17 bits per heavy atom. The molecular weight excluding hydrogens is 366 g/mol. The molecule has 0 aliphatic rings. The van der Waals surface area contributed by atoms with Crippen molar-refractivity contribution >= 4 is 28.0 Å². The summed E-state index contributed by atoms with van der Waals surface area (Å²) in [6.45, 7) is 2.02. The van der Waals surface area contributed by atoms with Crippen LogP contribution in [-0.4, -0.2) is 24.4 Å². The molecule has 0 N–H and O–H groups in total. The van der Waals surface area contributed by atoms with Gasteiger partial charge in [-0.25, -0.2) is 15.0 Å². The SMILES string of the molecule is Cc1ccccc1-n1c(-c2ccc([N+](=O)[O-])cc2)nc2nc3ccccc3nc21. The molecule has 0 amide bonds. The van der Waals surface area contributed by atoms with E-state index in [-0.39, 0.29) is 5.69 Å². The van der Waals surface area contributed by atoms with Crippen molar-refractivity contribution in [3.8, 4) is 17.1 Å². The lowest BCUT2D eigenvalue weighted by Crippen LogP contribution is -2.01. The average Bonchev–Trinajstić information content (AvgIpc) is 3.10. The molecule has 7 heteroatoms. The number of nitrogens with zero attached hydrogens (tertiary/aromatic N) is 5. The quantitative estimate of drug-likeness (QED) is 0.329. The van der Waals surface area contributed by atoms with Crippen molar-refractivity contribution < 1.29 is 4.92 Å². The molecule has 0 aliphatic carbocycles. The summed E-state index contributed by atoms with van der Waals surface area (Å²) in [5.74, 6) is 0.638. The summed E-state index contributed by atoms with van der Waals surface area (Å²) in [7, 11) is 0. The lowest BCUT2D eigenvalue weighted by molar-refractivity contribution is -0.384. The van der Waals surface area contributed by atoms with Crippen LogP contribution >= 0.6 is 0 Å². The van der Waals surface area contributed by atoms with Gasteiger partial charge in [0.1, 0.15) is 5.82 Å².